The Morgan fingerprint density at radius 2 is 1.86 bits per heavy atom. The third kappa shape index (κ3) is 5.26. The molecule has 1 aromatic heterocycles. The Kier molecular flexibility index (Phi) is 6.77. The summed E-state index contributed by atoms with van der Waals surface area (Å²) in [5.41, 5.74) is 2.33. The van der Waals surface area contributed by atoms with E-state index in [1.807, 2.05) is 38.1 Å². The van der Waals surface area contributed by atoms with Gasteiger partial charge >= 0.3 is 0 Å². The van der Waals surface area contributed by atoms with Gasteiger partial charge in [-0.05, 0) is 43.9 Å². The Morgan fingerprint density at radius 3 is 2.55 bits per heavy atom. The van der Waals surface area contributed by atoms with E-state index in [2.05, 4.69) is 5.32 Å². The highest BCUT2D eigenvalue weighted by Gasteiger charge is 2.29. The molecule has 1 aromatic carbocycles. The molecule has 0 spiro atoms. The number of sulfonamides is 1. The van der Waals surface area contributed by atoms with Crippen LogP contribution in [-0.2, 0) is 35.0 Å². The molecule has 1 amide bonds. The van der Waals surface area contributed by atoms with E-state index in [4.69, 9.17) is 4.74 Å². The molecule has 0 saturated carbocycles. The monoisotopic (exact) mass is 419 g/mol. The molecule has 2 aromatic rings. The molecule has 1 aliphatic heterocycles. The largest absolute Gasteiger partial charge is 0.374 e. The van der Waals surface area contributed by atoms with Crippen molar-refractivity contribution in [3.05, 3.63) is 53.3 Å². The second-order valence-corrected chi connectivity index (χ2v) is 9.58. The van der Waals surface area contributed by atoms with Gasteiger partial charge in [0, 0.05) is 32.9 Å². The van der Waals surface area contributed by atoms with E-state index in [1.54, 1.807) is 11.6 Å². The van der Waals surface area contributed by atoms with Crippen LogP contribution in [0.15, 0.2) is 41.4 Å². The number of nitrogens with one attached hydrogen (secondary N) is 1. The van der Waals surface area contributed by atoms with E-state index in [9.17, 15) is 13.2 Å². The standard InChI is InChI=1S/C21H29N3O4S/c1-16(2)28-15-18-8-6-7-17(11-18)13-22-21(25)20-12-19(14-23(20)3)29(26,27)24-9-4-5-10-24/h6-8,11-12,14,16H,4-5,9-10,13,15H2,1-3H3,(H,22,25). The summed E-state index contributed by atoms with van der Waals surface area (Å²) in [5, 5.41) is 2.87. The van der Waals surface area contributed by atoms with Gasteiger partial charge in [0.25, 0.3) is 5.91 Å². The lowest BCUT2D eigenvalue weighted by Crippen LogP contribution is -2.27. The maximum atomic E-state index is 12.7. The number of rotatable bonds is 8. The van der Waals surface area contributed by atoms with Crippen LogP contribution in [0.2, 0.25) is 0 Å². The second kappa shape index (κ2) is 9.11. The van der Waals surface area contributed by atoms with E-state index in [-0.39, 0.29) is 16.9 Å². The molecule has 1 fully saturated rings. The number of hydrogen-bond acceptors (Lipinski definition) is 4. The van der Waals surface area contributed by atoms with Gasteiger partial charge in [0.1, 0.15) is 10.6 Å². The van der Waals surface area contributed by atoms with Gasteiger partial charge in [-0.25, -0.2) is 8.42 Å². The van der Waals surface area contributed by atoms with Crippen LogP contribution < -0.4 is 5.32 Å². The fourth-order valence-corrected chi connectivity index (χ4v) is 4.93. The molecule has 1 N–H and O–H groups in total. The topological polar surface area (TPSA) is 80.6 Å². The molecule has 3 rings (SSSR count). The van der Waals surface area contributed by atoms with Gasteiger partial charge in [-0.1, -0.05) is 24.3 Å². The van der Waals surface area contributed by atoms with Crippen molar-refractivity contribution in [2.24, 2.45) is 7.05 Å². The van der Waals surface area contributed by atoms with E-state index >= 15 is 0 Å². The molecule has 29 heavy (non-hydrogen) atoms. The average molecular weight is 420 g/mol. The molecule has 2 heterocycles. The van der Waals surface area contributed by atoms with Crippen LogP contribution in [0.4, 0.5) is 0 Å². The van der Waals surface area contributed by atoms with E-state index in [1.165, 1.54) is 16.6 Å². The zero-order chi connectivity index (χ0) is 21.0. The number of nitrogens with zero attached hydrogens (tertiary/aromatic N) is 2. The Hall–Kier alpha value is -2.16. The Bertz CT molecular complexity index is 960. The predicted molar refractivity (Wildman–Crippen MR) is 111 cm³/mol. The van der Waals surface area contributed by atoms with Crippen molar-refractivity contribution in [3.63, 3.8) is 0 Å². The number of benzene rings is 1. The highest BCUT2D eigenvalue weighted by molar-refractivity contribution is 7.89. The van der Waals surface area contributed by atoms with Crippen molar-refractivity contribution >= 4 is 15.9 Å². The summed E-state index contributed by atoms with van der Waals surface area (Å²) in [6, 6.07) is 9.31. The van der Waals surface area contributed by atoms with Gasteiger partial charge < -0.3 is 14.6 Å². The summed E-state index contributed by atoms with van der Waals surface area (Å²) in [4.78, 5) is 12.8. The molecule has 0 bridgehead atoms. The van der Waals surface area contributed by atoms with Crippen molar-refractivity contribution < 1.29 is 17.9 Å². The van der Waals surface area contributed by atoms with Gasteiger partial charge in [0.05, 0.1) is 12.7 Å². The Balaban J connectivity index is 1.66. The van der Waals surface area contributed by atoms with E-state index in [0.717, 1.165) is 24.0 Å². The Morgan fingerprint density at radius 1 is 1.17 bits per heavy atom. The molecule has 1 saturated heterocycles. The lowest BCUT2D eigenvalue weighted by Gasteiger charge is -2.13. The Labute approximate surface area is 172 Å². The number of hydrogen-bond donors (Lipinski definition) is 1. The molecule has 0 unspecified atom stereocenters. The number of aromatic nitrogens is 1. The van der Waals surface area contributed by atoms with Crippen molar-refractivity contribution in [3.8, 4) is 0 Å². The van der Waals surface area contributed by atoms with Crippen LogP contribution in [0.25, 0.3) is 0 Å². The lowest BCUT2D eigenvalue weighted by atomic mass is 10.1. The van der Waals surface area contributed by atoms with Crippen molar-refractivity contribution in [2.45, 2.75) is 50.8 Å². The van der Waals surface area contributed by atoms with Crippen LogP contribution in [0.5, 0.6) is 0 Å². The molecule has 0 aliphatic carbocycles. The SMILES string of the molecule is CC(C)OCc1cccc(CNC(=O)c2cc(S(=O)(=O)N3CCCC3)cn2C)c1. The molecule has 158 valence electrons. The molecule has 0 radical (unpaired) electrons. The van der Waals surface area contributed by atoms with Gasteiger partial charge in [0.2, 0.25) is 10.0 Å². The summed E-state index contributed by atoms with van der Waals surface area (Å²) < 4.78 is 34.1. The third-order valence-corrected chi connectivity index (χ3v) is 6.81. The lowest BCUT2D eigenvalue weighted by molar-refractivity contribution is 0.0657. The number of carbonyl (C=O) groups is 1. The molecule has 7 nitrogen and oxygen atoms in total. The minimum absolute atomic E-state index is 0.154. The quantitative estimate of drug-likeness (QED) is 0.713. The first-order valence-electron chi connectivity index (χ1n) is 9.91. The first-order chi connectivity index (χ1) is 13.8. The van der Waals surface area contributed by atoms with Crippen molar-refractivity contribution in [2.75, 3.05) is 13.1 Å². The van der Waals surface area contributed by atoms with Gasteiger partial charge in [0.15, 0.2) is 0 Å². The fraction of sp³-hybridized carbons (Fsp3) is 0.476. The van der Waals surface area contributed by atoms with Crippen molar-refractivity contribution in [1.82, 2.24) is 14.2 Å². The maximum Gasteiger partial charge on any atom is 0.268 e. The molecule has 8 heteroatoms. The minimum atomic E-state index is -3.54. The van der Waals surface area contributed by atoms with Crippen LogP contribution >= 0.6 is 0 Å². The molecule has 0 atom stereocenters. The van der Waals surface area contributed by atoms with Crippen molar-refractivity contribution in [1.29, 1.82) is 0 Å². The summed E-state index contributed by atoms with van der Waals surface area (Å²) in [6.45, 7) is 5.93. The number of ether oxygens (including phenoxy) is 1. The first-order valence-corrected chi connectivity index (χ1v) is 11.4. The smallest absolute Gasteiger partial charge is 0.268 e. The van der Waals surface area contributed by atoms with Crippen LogP contribution in [0.1, 0.15) is 48.3 Å². The highest BCUT2D eigenvalue weighted by atomic mass is 32.2. The van der Waals surface area contributed by atoms with Gasteiger partial charge in [-0.15, -0.1) is 0 Å². The van der Waals surface area contributed by atoms with E-state index in [0.29, 0.717) is 31.9 Å². The van der Waals surface area contributed by atoms with E-state index < -0.39 is 10.0 Å². The van der Waals surface area contributed by atoms with Crippen LogP contribution in [0.3, 0.4) is 0 Å². The molecular formula is C21H29N3O4S. The zero-order valence-electron chi connectivity index (χ0n) is 17.2. The second-order valence-electron chi connectivity index (χ2n) is 7.65. The molecule has 1 aliphatic rings. The van der Waals surface area contributed by atoms with Crippen LogP contribution in [-0.4, -0.2) is 42.4 Å². The summed E-state index contributed by atoms with van der Waals surface area (Å²) in [7, 11) is -1.86. The zero-order valence-corrected chi connectivity index (χ0v) is 18.0. The summed E-state index contributed by atoms with van der Waals surface area (Å²) >= 11 is 0. The minimum Gasteiger partial charge on any atom is -0.374 e. The summed E-state index contributed by atoms with van der Waals surface area (Å²) in [5.74, 6) is -0.306. The maximum absolute atomic E-state index is 12.7. The summed E-state index contributed by atoms with van der Waals surface area (Å²) in [6.07, 6.45) is 3.41. The average Bonchev–Trinajstić information content (AvgIpc) is 3.35. The number of carbonyl (C=O) groups excluding carboxylic acids is 1. The number of amides is 1. The third-order valence-electron chi connectivity index (χ3n) is 4.94. The van der Waals surface area contributed by atoms with Crippen LogP contribution in [0, 0.1) is 0 Å². The fourth-order valence-electron chi connectivity index (χ4n) is 3.34. The number of aryl methyl sites for hydroxylation is 1. The van der Waals surface area contributed by atoms with Gasteiger partial charge in [-0.3, -0.25) is 4.79 Å². The predicted octanol–water partition coefficient (Wildman–Crippen LogP) is 2.66. The molecular weight excluding hydrogens is 390 g/mol. The van der Waals surface area contributed by atoms with Gasteiger partial charge in [-0.2, -0.15) is 4.31 Å². The first kappa shape index (κ1) is 21.5. The highest BCUT2D eigenvalue weighted by Crippen LogP contribution is 2.22. The normalized spacial score (nSPS) is 15.2.